The van der Waals surface area contributed by atoms with E-state index in [1.165, 1.54) is 161 Å². The summed E-state index contributed by atoms with van der Waals surface area (Å²) < 4.78 is 16.7. The molecular formula is C48H92O6. The first kappa shape index (κ1) is 52.4. The maximum absolute atomic E-state index is 12.7. The van der Waals surface area contributed by atoms with Gasteiger partial charge in [-0.2, -0.15) is 0 Å². The predicted molar refractivity (Wildman–Crippen MR) is 229 cm³/mol. The largest absolute Gasteiger partial charge is 0.462 e. The molecule has 0 aromatic heterocycles. The van der Waals surface area contributed by atoms with Crippen LogP contribution in [0.25, 0.3) is 0 Å². The highest BCUT2D eigenvalue weighted by Crippen LogP contribution is 2.17. The van der Waals surface area contributed by atoms with Crippen molar-refractivity contribution >= 4 is 17.9 Å². The van der Waals surface area contributed by atoms with Crippen LogP contribution >= 0.6 is 0 Å². The molecule has 0 aliphatic rings. The van der Waals surface area contributed by atoms with Gasteiger partial charge in [0.05, 0.1) is 0 Å². The lowest BCUT2D eigenvalue weighted by molar-refractivity contribution is -0.167. The summed E-state index contributed by atoms with van der Waals surface area (Å²) in [6.07, 6.45) is 42.2. The van der Waals surface area contributed by atoms with Gasteiger partial charge in [-0.1, -0.05) is 227 Å². The first-order chi connectivity index (χ1) is 26.4. The number of carbonyl (C=O) groups excluding carboxylic acids is 3. The molecule has 0 aliphatic carbocycles. The first-order valence-electron chi connectivity index (χ1n) is 23.9. The third-order valence-electron chi connectivity index (χ3n) is 11.2. The third kappa shape index (κ3) is 40.1. The first-order valence-corrected chi connectivity index (χ1v) is 23.9. The molecule has 0 bridgehead atoms. The van der Waals surface area contributed by atoms with E-state index in [-0.39, 0.29) is 31.1 Å². The van der Waals surface area contributed by atoms with Crippen molar-refractivity contribution in [2.45, 2.75) is 271 Å². The molecule has 0 aromatic carbocycles. The maximum atomic E-state index is 12.7. The average molecular weight is 765 g/mol. The van der Waals surface area contributed by atoms with E-state index in [1.54, 1.807) is 0 Å². The second kappa shape index (κ2) is 42.6. The zero-order valence-corrected chi connectivity index (χ0v) is 36.7. The van der Waals surface area contributed by atoms with Crippen LogP contribution in [0.5, 0.6) is 0 Å². The van der Waals surface area contributed by atoms with Crippen molar-refractivity contribution in [1.82, 2.24) is 0 Å². The Bertz CT molecular complexity index is 813. The summed E-state index contributed by atoms with van der Waals surface area (Å²) in [6.45, 7) is 9.00. The van der Waals surface area contributed by atoms with Crippen molar-refractivity contribution in [3.63, 3.8) is 0 Å². The van der Waals surface area contributed by atoms with Gasteiger partial charge in [-0.05, 0) is 25.2 Å². The highest BCUT2D eigenvalue weighted by Gasteiger charge is 2.19. The molecule has 0 spiro atoms. The molecule has 54 heavy (non-hydrogen) atoms. The molecule has 0 aliphatic heterocycles. The van der Waals surface area contributed by atoms with Gasteiger partial charge < -0.3 is 14.2 Å². The molecule has 6 heteroatoms. The van der Waals surface area contributed by atoms with Gasteiger partial charge in [0.2, 0.25) is 0 Å². The maximum Gasteiger partial charge on any atom is 0.306 e. The van der Waals surface area contributed by atoms with Crippen LogP contribution < -0.4 is 0 Å². The number of hydrogen-bond acceptors (Lipinski definition) is 6. The fourth-order valence-electron chi connectivity index (χ4n) is 7.12. The molecule has 0 saturated carbocycles. The summed E-state index contributed by atoms with van der Waals surface area (Å²) in [6, 6.07) is 0. The molecule has 0 aromatic rings. The summed E-state index contributed by atoms with van der Waals surface area (Å²) in [5, 5.41) is 0. The molecule has 1 unspecified atom stereocenters. The average Bonchev–Trinajstić information content (AvgIpc) is 3.17. The summed E-state index contributed by atoms with van der Waals surface area (Å²) in [5.41, 5.74) is 0. The van der Waals surface area contributed by atoms with E-state index < -0.39 is 6.10 Å². The number of rotatable bonds is 43. The van der Waals surface area contributed by atoms with Gasteiger partial charge in [0.1, 0.15) is 13.2 Å². The number of hydrogen-bond donors (Lipinski definition) is 0. The lowest BCUT2D eigenvalue weighted by atomic mass is 9.99. The Labute approximate surface area is 336 Å². The molecule has 0 saturated heterocycles. The van der Waals surface area contributed by atoms with Gasteiger partial charge in [-0.25, -0.2) is 0 Å². The SMILES string of the molecule is CCCCCCCCCCCCCCCC(=O)O[C@H](COC(=O)CCCCCCCCCCCCC)COC(=O)CCCCCCCCCCC(C)CC. The van der Waals surface area contributed by atoms with Crippen LogP contribution in [0.4, 0.5) is 0 Å². The number of esters is 3. The van der Waals surface area contributed by atoms with Crippen molar-refractivity contribution in [1.29, 1.82) is 0 Å². The van der Waals surface area contributed by atoms with Gasteiger partial charge in [-0.15, -0.1) is 0 Å². The summed E-state index contributed by atoms with van der Waals surface area (Å²) >= 11 is 0. The Morgan fingerprint density at radius 1 is 0.370 bits per heavy atom. The Hall–Kier alpha value is -1.59. The lowest BCUT2D eigenvalue weighted by Crippen LogP contribution is -2.30. The van der Waals surface area contributed by atoms with Gasteiger partial charge in [0.15, 0.2) is 6.10 Å². The van der Waals surface area contributed by atoms with Crippen molar-refractivity contribution < 1.29 is 28.6 Å². The minimum atomic E-state index is -0.759. The van der Waals surface area contributed by atoms with Gasteiger partial charge in [0.25, 0.3) is 0 Å². The van der Waals surface area contributed by atoms with E-state index in [0.29, 0.717) is 19.3 Å². The van der Waals surface area contributed by atoms with E-state index >= 15 is 0 Å². The van der Waals surface area contributed by atoms with E-state index in [4.69, 9.17) is 14.2 Å². The number of carbonyl (C=O) groups is 3. The van der Waals surface area contributed by atoms with Crippen LogP contribution in [0.15, 0.2) is 0 Å². The van der Waals surface area contributed by atoms with Crippen molar-refractivity contribution in [3.05, 3.63) is 0 Å². The molecule has 0 amide bonds. The van der Waals surface area contributed by atoms with Crippen LogP contribution in [-0.2, 0) is 28.6 Å². The molecule has 0 fully saturated rings. The Balaban J connectivity index is 4.34. The minimum absolute atomic E-state index is 0.0636. The zero-order chi connectivity index (χ0) is 39.6. The van der Waals surface area contributed by atoms with Crippen LogP contribution in [0.3, 0.4) is 0 Å². The van der Waals surface area contributed by atoms with Gasteiger partial charge in [0, 0.05) is 19.3 Å². The fourth-order valence-corrected chi connectivity index (χ4v) is 7.12. The van der Waals surface area contributed by atoms with Crippen LogP contribution in [-0.4, -0.2) is 37.2 Å². The molecule has 0 rings (SSSR count). The minimum Gasteiger partial charge on any atom is -0.462 e. The quantitative estimate of drug-likeness (QED) is 0.0349. The Morgan fingerprint density at radius 3 is 0.963 bits per heavy atom. The van der Waals surface area contributed by atoms with Crippen LogP contribution in [0.2, 0.25) is 0 Å². The second-order valence-electron chi connectivity index (χ2n) is 16.6. The van der Waals surface area contributed by atoms with Crippen LogP contribution in [0, 0.1) is 5.92 Å². The highest BCUT2D eigenvalue weighted by atomic mass is 16.6. The highest BCUT2D eigenvalue weighted by molar-refractivity contribution is 5.71. The second-order valence-corrected chi connectivity index (χ2v) is 16.6. The van der Waals surface area contributed by atoms with E-state index in [0.717, 1.165) is 63.7 Å². The summed E-state index contributed by atoms with van der Waals surface area (Å²) in [5.74, 6) is -0.00400. The standard InChI is InChI=1S/C48H92O6/c1-5-8-10-12-14-16-18-19-21-23-29-33-37-41-48(51)54-45(42-52-46(49)39-35-31-27-22-20-17-15-13-11-9-6-2)43-53-47(50)40-36-32-28-25-24-26-30-34-38-44(4)7-3/h44-45H,5-43H2,1-4H3/t44?,45-/m1/s1. The van der Waals surface area contributed by atoms with E-state index in [9.17, 15) is 14.4 Å². The predicted octanol–water partition coefficient (Wildman–Crippen LogP) is 15.1. The van der Waals surface area contributed by atoms with Gasteiger partial charge >= 0.3 is 17.9 Å². The normalized spacial score (nSPS) is 12.4. The number of ether oxygens (including phenoxy) is 3. The Morgan fingerprint density at radius 2 is 0.648 bits per heavy atom. The van der Waals surface area contributed by atoms with E-state index in [2.05, 4.69) is 27.7 Å². The topological polar surface area (TPSA) is 78.9 Å². The van der Waals surface area contributed by atoms with Crippen molar-refractivity contribution in [2.24, 2.45) is 5.92 Å². The van der Waals surface area contributed by atoms with E-state index in [1.807, 2.05) is 0 Å². The molecule has 2 atom stereocenters. The van der Waals surface area contributed by atoms with Gasteiger partial charge in [-0.3, -0.25) is 14.4 Å². The van der Waals surface area contributed by atoms with Crippen molar-refractivity contribution in [3.8, 4) is 0 Å². The molecular weight excluding hydrogens is 673 g/mol. The number of unbranched alkanes of at least 4 members (excludes halogenated alkanes) is 29. The zero-order valence-electron chi connectivity index (χ0n) is 36.7. The summed E-state index contributed by atoms with van der Waals surface area (Å²) in [4.78, 5) is 37.8. The molecule has 0 radical (unpaired) electrons. The fraction of sp³-hybridized carbons (Fsp3) is 0.938. The molecule has 6 nitrogen and oxygen atoms in total. The monoisotopic (exact) mass is 765 g/mol. The third-order valence-corrected chi connectivity index (χ3v) is 11.2. The van der Waals surface area contributed by atoms with Crippen molar-refractivity contribution in [2.75, 3.05) is 13.2 Å². The smallest absolute Gasteiger partial charge is 0.306 e. The van der Waals surface area contributed by atoms with Crippen LogP contribution in [0.1, 0.15) is 265 Å². The molecule has 0 heterocycles. The molecule has 320 valence electrons. The molecule has 0 N–H and O–H groups in total. The summed E-state index contributed by atoms with van der Waals surface area (Å²) in [7, 11) is 0. The Kier molecular flexibility index (Phi) is 41.3. The lowest BCUT2D eigenvalue weighted by Gasteiger charge is -2.18.